The maximum Gasteiger partial charge on any atom is 0.251 e. The lowest BCUT2D eigenvalue weighted by Crippen LogP contribution is -2.53. The molecule has 0 unspecified atom stereocenters. The number of sulfonamides is 1. The van der Waals surface area contributed by atoms with Crippen molar-refractivity contribution in [2.45, 2.75) is 31.2 Å². The Bertz CT molecular complexity index is 1130. The number of anilines is 1. The summed E-state index contributed by atoms with van der Waals surface area (Å²) >= 11 is 5.90. The Morgan fingerprint density at radius 3 is 2.19 bits per heavy atom. The predicted octanol–water partition coefficient (Wildman–Crippen LogP) is 2.60. The van der Waals surface area contributed by atoms with Crippen molar-refractivity contribution in [3.63, 3.8) is 0 Å². The van der Waals surface area contributed by atoms with Crippen LogP contribution in [0.5, 0.6) is 0 Å². The van der Waals surface area contributed by atoms with Gasteiger partial charge >= 0.3 is 0 Å². The molecule has 0 spiro atoms. The summed E-state index contributed by atoms with van der Waals surface area (Å²) in [7, 11) is -3.61. The number of carbonyl (C=O) groups is 2. The highest BCUT2D eigenvalue weighted by Crippen LogP contribution is 2.28. The molecule has 31 heavy (non-hydrogen) atoms. The largest absolute Gasteiger partial charge is 0.289 e. The second-order valence-corrected chi connectivity index (χ2v) is 10.3. The fourth-order valence-electron chi connectivity index (χ4n) is 4.25. The molecule has 1 atom stereocenters. The highest BCUT2D eigenvalue weighted by molar-refractivity contribution is 7.89. The van der Waals surface area contributed by atoms with Gasteiger partial charge in [0, 0.05) is 31.2 Å². The van der Waals surface area contributed by atoms with E-state index in [2.05, 4.69) is 0 Å². The van der Waals surface area contributed by atoms with Gasteiger partial charge in [-0.1, -0.05) is 29.3 Å². The van der Waals surface area contributed by atoms with Crippen LogP contribution >= 0.6 is 11.6 Å². The molecule has 2 saturated heterocycles. The third-order valence-corrected chi connectivity index (χ3v) is 8.18. The molecular weight excluding hydrogens is 438 g/mol. The van der Waals surface area contributed by atoms with Gasteiger partial charge in [-0.15, -0.1) is 0 Å². The molecule has 2 aromatic carbocycles. The standard InChI is InChI=1S/C22H24ClN3O4S/c1-15-3-8-20(16(2)13-15)31(29,30)25-11-9-24(10-12-25)19-14-21(27)26(22(19)28)18-6-4-17(23)5-7-18/h3-8,13,19H,9-12,14H2,1-2H3/t19-/m1/s1. The van der Waals surface area contributed by atoms with Crippen LogP contribution < -0.4 is 4.90 Å². The minimum absolute atomic E-state index is 0.0886. The predicted molar refractivity (Wildman–Crippen MR) is 119 cm³/mol. The molecule has 2 aliphatic rings. The van der Waals surface area contributed by atoms with Crippen molar-refractivity contribution in [3.8, 4) is 0 Å². The van der Waals surface area contributed by atoms with Gasteiger partial charge in [0.1, 0.15) is 0 Å². The van der Waals surface area contributed by atoms with E-state index in [9.17, 15) is 18.0 Å². The first-order valence-electron chi connectivity index (χ1n) is 10.1. The minimum Gasteiger partial charge on any atom is -0.289 e. The van der Waals surface area contributed by atoms with Crippen molar-refractivity contribution in [2.24, 2.45) is 0 Å². The Labute approximate surface area is 187 Å². The van der Waals surface area contributed by atoms with Crippen LogP contribution in [0.15, 0.2) is 47.4 Å². The smallest absolute Gasteiger partial charge is 0.251 e. The number of hydrogen-bond donors (Lipinski definition) is 0. The monoisotopic (exact) mass is 461 g/mol. The summed E-state index contributed by atoms with van der Waals surface area (Å²) < 4.78 is 27.6. The van der Waals surface area contributed by atoms with Crippen LogP contribution in [0.1, 0.15) is 17.5 Å². The SMILES string of the molecule is Cc1ccc(S(=O)(=O)N2CCN([C@@H]3CC(=O)N(c4ccc(Cl)cc4)C3=O)CC2)c(C)c1. The van der Waals surface area contributed by atoms with E-state index < -0.39 is 16.1 Å². The van der Waals surface area contributed by atoms with Gasteiger partial charge < -0.3 is 0 Å². The fourth-order valence-corrected chi connectivity index (χ4v) is 6.00. The number of benzene rings is 2. The van der Waals surface area contributed by atoms with E-state index in [1.165, 1.54) is 9.21 Å². The number of rotatable bonds is 4. The highest BCUT2D eigenvalue weighted by atomic mass is 35.5. The summed E-state index contributed by atoms with van der Waals surface area (Å²) in [5.74, 6) is -0.541. The molecule has 0 radical (unpaired) electrons. The lowest BCUT2D eigenvalue weighted by molar-refractivity contribution is -0.123. The summed E-state index contributed by atoms with van der Waals surface area (Å²) in [6, 6.07) is 11.3. The molecule has 2 amide bonds. The first-order chi connectivity index (χ1) is 14.7. The fraction of sp³-hybridized carbons (Fsp3) is 0.364. The third-order valence-electron chi connectivity index (χ3n) is 5.87. The molecule has 0 bridgehead atoms. The number of piperazine rings is 1. The number of aryl methyl sites for hydroxylation is 2. The number of nitrogens with zero attached hydrogens (tertiary/aromatic N) is 3. The van der Waals surface area contributed by atoms with Crippen LogP contribution in [-0.2, 0) is 19.6 Å². The Kier molecular flexibility index (Phi) is 5.91. The normalized spacial score (nSPS) is 21.1. The maximum atomic E-state index is 13.1. The average Bonchev–Trinajstić information content (AvgIpc) is 3.02. The van der Waals surface area contributed by atoms with Gasteiger partial charge in [0.2, 0.25) is 15.9 Å². The Hall–Kier alpha value is -2.26. The van der Waals surface area contributed by atoms with Crippen LogP contribution in [-0.4, -0.2) is 61.7 Å². The van der Waals surface area contributed by atoms with E-state index >= 15 is 0 Å². The lowest BCUT2D eigenvalue weighted by atomic mass is 10.2. The Balaban J connectivity index is 1.46. The van der Waals surface area contributed by atoms with E-state index in [1.807, 2.05) is 17.9 Å². The van der Waals surface area contributed by atoms with Crippen molar-refractivity contribution in [1.29, 1.82) is 0 Å². The van der Waals surface area contributed by atoms with E-state index in [-0.39, 0.29) is 31.3 Å². The molecule has 7 nitrogen and oxygen atoms in total. The zero-order valence-corrected chi connectivity index (χ0v) is 19.0. The lowest BCUT2D eigenvalue weighted by Gasteiger charge is -2.36. The second-order valence-electron chi connectivity index (χ2n) is 7.97. The van der Waals surface area contributed by atoms with Crippen molar-refractivity contribution in [3.05, 3.63) is 58.6 Å². The van der Waals surface area contributed by atoms with E-state index in [1.54, 1.807) is 43.3 Å². The molecule has 4 rings (SSSR count). The topological polar surface area (TPSA) is 78.0 Å². The molecule has 2 aliphatic heterocycles. The number of hydrogen-bond acceptors (Lipinski definition) is 5. The van der Waals surface area contributed by atoms with Crippen LogP contribution in [0, 0.1) is 13.8 Å². The number of imide groups is 1. The highest BCUT2D eigenvalue weighted by Gasteiger charge is 2.44. The maximum absolute atomic E-state index is 13.1. The van der Waals surface area contributed by atoms with Crippen LogP contribution in [0.2, 0.25) is 5.02 Å². The van der Waals surface area contributed by atoms with Gasteiger partial charge in [0.15, 0.2) is 0 Å². The summed E-state index contributed by atoms with van der Waals surface area (Å²) in [6.45, 7) is 5.05. The van der Waals surface area contributed by atoms with Crippen LogP contribution in [0.3, 0.4) is 0 Å². The van der Waals surface area contributed by atoms with Crippen molar-refractivity contribution in [1.82, 2.24) is 9.21 Å². The van der Waals surface area contributed by atoms with Gasteiger partial charge in [-0.3, -0.25) is 14.5 Å². The number of carbonyl (C=O) groups excluding carboxylic acids is 2. The molecule has 9 heteroatoms. The molecular formula is C22H24ClN3O4S. The second kappa shape index (κ2) is 8.35. The van der Waals surface area contributed by atoms with Gasteiger partial charge in [-0.05, 0) is 49.7 Å². The third kappa shape index (κ3) is 4.13. The number of amides is 2. The van der Waals surface area contributed by atoms with Crippen molar-refractivity contribution < 1.29 is 18.0 Å². The minimum atomic E-state index is -3.61. The molecule has 0 aliphatic carbocycles. The molecule has 0 aromatic heterocycles. The molecule has 0 N–H and O–H groups in total. The quantitative estimate of drug-likeness (QED) is 0.654. The van der Waals surface area contributed by atoms with Gasteiger partial charge in [-0.2, -0.15) is 4.31 Å². The zero-order chi connectivity index (χ0) is 22.3. The average molecular weight is 462 g/mol. The van der Waals surface area contributed by atoms with Crippen LogP contribution in [0.4, 0.5) is 5.69 Å². The van der Waals surface area contributed by atoms with E-state index in [0.29, 0.717) is 28.7 Å². The number of halogens is 1. The van der Waals surface area contributed by atoms with E-state index in [4.69, 9.17) is 11.6 Å². The summed E-state index contributed by atoms with van der Waals surface area (Å²) in [5.41, 5.74) is 2.23. The molecule has 2 fully saturated rings. The van der Waals surface area contributed by atoms with Gasteiger partial charge in [0.25, 0.3) is 5.91 Å². The summed E-state index contributed by atoms with van der Waals surface area (Å²) in [6.07, 6.45) is 0.0886. The van der Waals surface area contributed by atoms with Crippen molar-refractivity contribution >= 4 is 39.1 Å². The molecule has 0 saturated carbocycles. The Morgan fingerprint density at radius 1 is 0.935 bits per heavy atom. The van der Waals surface area contributed by atoms with Crippen molar-refractivity contribution in [2.75, 3.05) is 31.1 Å². The molecule has 164 valence electrons. The Morgan fingerprint density at radius 2 is 1.58 bits per heavy atom. The summed E-state index contributed by atoms with van der Waals surface area (Å²) in [4.78, 5) is 28.9. The van der Waals surface area contributed by atoms with E-state index in [0.717, 1.165) is 11.1 Å². The first-order valence-corrected chi connectivity index (χ1v) is 11.9. The summed E-state index contributed by atoms with van der Waals surface area (Å²) in [5, 5.41) is 0.528. The molecule has 2 heterocycles. The van der Waals surface area contributed by atoms with Crippen LogP contribution in [0.25, 0.3) is 0 Å². The first kappa shape index (κ1) is 22.0. The zero-order valence-electron chi connectivity index (χ0n) is 17.4. The molecule has 2 aromatic rings. The van der Waals surface area contributed by atoms with Gasteiger partial charge in [0.05, 0.1) is 23.0 Å². The van der Waals surface area contributed by atoms with Gasteiger partial charge in [-0.25, -0.2) is 13.3 Å².